The number of ether oxygens (including phenoxy) is 1. The maximum Gasteiger partial charge on any atom is 0.328 e. The van der Waals surface area contributed by atoms with E-state index in [1.807, 2.05) is 6.07 Å². The summed E-state index contributed by atoms with van der Waals surface area (Å²) in [6.07, 6.45) is 4.95. The Balaban J connectivity index is 1.91. The summed E-state index contributed by atoms with van der Waals surface area (Å²) in [5, 5.41) is 8.58. The molecular formula is C15H17FO3S. The van der Waals surface area contributed by atoms with Gasteiger partial charge < -0.3 is 9.84 Å². The Bertz CT molecular complexity index is 496. The SMILES string of the molecule is O=C(O)/C=C/c1cc(F)cc(CSCC2CCCO2)c1. The minimum atomic E-state index is -1.04. The van der Waals surface area contributed by atoms with Crippen LogP contribution < -0.4 is 0 Å². The predicted octanol–water partition coefficient (Wildman–Crippen LogP) is 3.34. The van der Waals surface area contributed by atoms with Crippen molar-refractivity contribution in [3.05, 3.63) is 41.2 Å². The first kappa shape index (κ1) is 15.1. The van der Waals surface area contributed by atoms with Crippen molar-refractivity contribution in [1.29, 1.82) is 0 Å². The van der Waals surface area contributed by atoms with Gasteiger partial charge in [0.1, 0.15) is 5.82 Å². The lowest BCUT2D eigenvalue weighted by Gasteiger charge is -2.09. The van der Waals surface area contributed by atoms with E-state index in [1.54, 1.807) is 11.8 Å². The number of aliphatic carboxylic acids is 1. The molecule has 1 aromatic rings. The van der Waals surface area contributed by atoms with Crippen molar-refractivity contribution >= 4 is 23.8 Å². The standard InChI is InChI=1S/C15H17FO3S/c16-13-7-11(3-4-15(17)18)6-12(8-13)9-20-10-14-2-1-5-19-14/h3-4,6-8,14H,1-2,5,9-10H2,(H,17,18)/b4-3+. The van der Waals surface area contributed by atoms with Gasteiger partial charge in [-0.25, -0.2) is 9.18 Å². The van der Waals surface area contributed by atoms with E-state index in [0.29, 0.717) is 17.4 Å². The summed E-state index contributed by atoms with van der Waals surface area (Å²) in [5.74, 6) is 0.233. The molecule has 0 saturated carbocycles. The predicted molar refractivity (Wildman–Crippen MR) is 78.2 cm³/mol. The van der Waals surface area contributed by atoms with Crippen LogP contribution in [0.1, 0.15) is 24.0 Å². The number of halogens is 1. The second-order valence-electron chi connectivity index (χ2n) is 4.71. The van der Waals surface area contributed by atoms with Gasteiger partial charge in [-0.15, -0.1) is 0 Å². The van der Waals surface area contributed by atoms with Crippen molar-refractivity contribution in [2.75, 3.05) is 12.4 Å². The van der Waals surface area contributed by atoms with Gasteiger partial charge in [0.25, 0.3) is 0 Å². The number of carboxylic acids is 1. The van der Waals surface area contributed by atoms with Gasteiger partial charge in [-0.1, -0.05) is 6.07 Å². The maximum absolute atomic E-state index is 13.5. The molecule has 0 radical (unpaired) electrons. The molecule has 0 bridgehead atoms. The number of carboxylic acid groups (broad SMARTS) is 1. The molecule has 1 aromatic carbocycles. The van der Waals surface area contributed by atoms with E-state index in [-0.39, 0.29) is 5.82 Å². The Hall–Kier alpha value is -1.33. The first-order valence-corrected chi connectivity index (χ1v) is 7.69. The highest BCUT2D eigenvalue weighted by molar-refractivity contribution is 7.98. The summed E-state index contributed by atoms with van der Waals surface area (Å²) >= 11 is 1.71. The Kier molecular flexibility index (Phi) is 5.61. The largest absolute Gasteiger partial charge is 0.478 e. The average Bonchev–Trinajstić information content (AvgIpc) is 2.89. The van der Waals surface area contributed by atoms with Crippen LogP contribution >= 0.6 is 11.8 Å². The fourth-order valence-corrected chi connectivity index (χ4v) is 3.15. The highest BCUT2D eigenvalue weighted by atomic mass is 32.2. The Morgan fingerprint density at radius 3 is 3.05 bits per heavy atom. The van der Waals surface area contributed by atoms with Crippen LogP contribution in [0.15, 0.2) is 24.3 Å². The van der Waals surface area contributed by atoms with Crippen molar-refractivity contribution in [3.63, 3.8) is 0 Å². The normalized spacial score (nSPS) is 18.8. The summed E-state index contributed by atoms with van der Waals surface area (Å²) in [7, 11) is 0. The smallest absolute Gasteiger partial charge is 0.328 e. The second-order valence-corrected chi connectivity index (χ2v) is 5.74. The molecule has 108 valence electrons. The van der Waals surface area contributed by atoms with E-state index in [4.69, 9.17) is 9.84 Å². The number of benzene rings is 1. The van der Waals surface area contributed by atoms with Crippen LogP contribution in [0, 0.1) is 5.82 Å². The molecule has 0 aliphatic carbocycles. The van der Waals surface area contributed by atoms with Gasteiger partial charge in [0, 0.05) is 24.2 Å². The molecule has 1 aliphatic heterocycles. The lowest BCUT2D eigenvalue weighted by Crippen LogP contribution is -2.07. The van der Waals surface area contributed by atoms with Crippen LogP contribution in [-0.4, -0.2) is 29.5 Å². The van der Waals surface area contributed by atoms with E-state index in [1.165, 1.54) is 18.2 Å². The monoisotopic (exact) mass is 296 g/mol. The van der Waals surface area contributed by atoms with Crippen LogP contribution in [0.2, 0.25) is 0 Å². The van der Waals surface area contributed by atoms with Crippen LogP contribution in [0.3, 0.4) is 0 Å². The van der Waals surface area contributed by atoms with Crippen LogP contribution in [0.5, 0.6) is 0 Å². The second kappa shape index (κ2) is 7.45. The molecule has 0 amide bonds. The Labute approximate surface area is 121 Å². The summed E-state index contributed by atoms with van der Waals surface area (Å²) in [6.45, 7) is 0.843. The lowest BCUT2D eigenvalue weighted by atomic mass is 10.1. The van der Waals surface area contributed by atoms with Crippen LogP contribution in [0.4, 0.5) is 4.39 Å². The van der Waals surface area contributed by atoms with Gasteiger partial charge in [0.05, 0.1) is 6.10 Å². The molecule has 1 unspecified atom stereocenters. The average molecular weight is 296 g/mol. The molecule has 1 aliphatic rings. The number of rotatable bonds is 6. The molecule has 20 heavy (non-hydrogen) atoms. The van der Waals surface area contributed by atoms with E-state index in [0.717, 1.165) is 36.8 Å². The molecule has 1 saturated heterocycles. The van der Waals surface area contributed by atoms with Crippen molar-refractivity contribution in [3.8, 4) is 0 Å². The first-order valence-electron chi connectivity index (χ1n) is 6.53. The fraction of sp³-hybridized carbons (Fsp3) is 0.400. The van der Waals surface area contributed by atoms with E-state index in [2.05, 4.69) is 0 Å². The molecule has 1 fully saturated rings. The molecule has 0 aromatic heterocycles. The lowest BCUT2D eigenvalue weighted by molar-refractivity contribution is -0.131. The maximum atomic E-state index is 13.5. The van der Waals surface area contributed by atoms with Gasteiger partial charge in [0.15, 0.2) is 0 Å². The highest BCUT2D eigenvalue weighted by Gasteiger charge is 2.15. The number of hydrogen-bond donors (Lipinski definition) is 1. The third-order valence-corrected chi connectivity index (χ3v) is 4.14. The molecule has 1 atom stereocenters. The summed E-state index contributed by atoms with van der Waals surface area (Å²) in [6, 6.07) is 4.62. The molecule has 5 heteroatoms. The third kappa shape index (κ3) is 4.98. The molecule has 1 heterocycles. The van der Waals surface area contributed by atoms with Gasteiger partial charge in [0.2, 0.25) is 0 Å². The van der Waals surface area contributed by atoms with Gasteiger partial charge >= 0.3 is 5.97 Å². The van der Waals surface area contributed by atoms with Crippen molar-refractivity contribution in [1.82, 2.24) is 0 Å². The summed E-state index contributed by atoms with van der Waals surface area (Å²) in [5.41, 5.74) is 1.43. The van der Waals surface area contributed by atoms with Crippen LogP contribution in [-0.2, 0) is 15.3 Å². The zero-order valence-corrected chi connectivity index (χ0v) is 11.9. The number of carbonyl (C=O) groups is 1. The third-order valence-electron chi connectivity index (χ3n) is 2.99. The molecule has 1 N–H and O–H groups in total. The number of thioether (sulfide) groups is 1. The Morgan fingerprint density at radius 2 is 2.35 bits per heavy atom. The zero-order valence-electron chi connectivity index (χ0n) is 11.0. The molecule has 3 nitrogen and oxygen atoms in total. The van der Waals surface area contributed by atoms with Crippen molar-refractivity contribution in [2.45, 2.75) is 24.7 Å². The van der Waals surface area contributed by atoms with Gasteiger partial charge in [-0.2, -0.15) is 11.8 Å². The minimum absolute atomic E-state index is 0.319. The molecule has 0 spiro atoms. The quantitative estimate of drug-likeness (QED) is 0.818. The van der Waals surface area contributed by atoms with E-state index >= 15 is 0 Å². The summed E-state index contributed by atoms with van der Waals surface area (Å²) < 4.78 is 19.0. The highest BCUT2D eigenvalue weighted by Crippen LogP contribution is 2.21. The summed E-state index contributed by atoms with van der Waals surface area (Å²) in [4.78, 5) is 10.5. The molecular weight excluding hydrogens is 279 g/mol. The van der Waals surface area contributed by atoms with E-state index < -0.39 is 5.97 Å². The minimum Gasteiger partial charge on any atom is -0.478 e. The Morgan fingerprint density at radius 1 is 1.50 bits per heavy atom. The zero-order chi connectivity index (χ0) is 14.4. The van der Waals surface area contributed by atoms with Gasteiger partial charge in [-0.05, 0) is 42.2 Å². The topological polar surface area (TPSA) is 46.5 Å². The van der Waals surface area contributed by atoms with Gasteiger partial charge in [-0.3, -0.25) is 0 Å². The van der Waals surface area contributed by atoms with Crippen molar-refractivity contribution < 1.29 is 19.0 Å². The van der Waals surface area contributed by atoms with Crippen LogP contribution in [0.25, 0.3) is 6.08 Å². The molecule has 2 rings (SSSR count). The number of hydrogen-bond acceptors (Lipinski definition) is 3. The van der Waals surface area contributed by atoms with Crippen molar-refractivity contribution in [2.24, 2.45) is 0 Å². The first-order chi connectivity index (χ1) is 9.63. The van der Waals surface area contributed by atoms with E-state index in [9.17, 15) is 9.18 Å². The fourth-order valence-electron chi connectivity index (χ4n) is 2.11.